The van der Waals surface area contributed by atoms with Gasteiger partial charge in [-0.3, -0.25) is 0 Å². The van der Waals surface area contributed by atoms with E-state index >= 15 is 0 Å². The molecular weight excluding hydrogens is 340 g/mol. The Morgan fingerprint density at radius 3 is 2.60 bits per heavy atom. The molecule has 1 aromatic rings. The van der Waals surface area contributed by atoms with Crippen molar-refractivity contribution in [1.29, 1.82) is 0 Å². The normalized spacial score (nSPS) is 13.3. The van der Waals surface area contributed by atoms with E-state index in [1.807, 2.05) is 6.92 Å². The monoisotopic (exact) mass is 362 g/mol. The molecule has 1 unspecified atom stereocenters. The fraction of sp³-hybridized carbons (Fsp3) is 0.571. The maximum Gasteiger partial charge on any atom is 0.242 e. The van der Waals surface area contributed by atoms with Gasteiger partial charge in [0.1, 0.15) is 4.90 Å². The van der Waals surface area contributed by atoms with Crippen LogP contribution in [0.3, 0.4) is 0 Å². The predicted molar refractivity (Wildman–Crippen MR) is 87.1 cm³/mol. The number of nitrogens with two attached hydrogens (primary N) is 1. The SMILES string of the molecule is CCCCCCC(C)NS(=O)(=O)c1ccc(Br)cc1N. The van der Waals surface area contributed by atoms with E-state index in [2.05, 4.69) is 27.6 Å². The maximum absolute atomic E-state index is 12.3. The summed E-state index contributed by atoms with van der Waals surface area (Å²) in [5.74, 6) is 0. The van der Waals surface area contributed by atoms with Gasteiger partial charge in [-0.05, 0) is 31.5 Å². The molecule has 1 rings (SSSR count). The molecule has 3 N–H and O–H groups in total. The highest BCUT2D eigenvalue weighted by Crippen LogP contribution is 2.23. The van der Waals surface area contributed by atoms with Gasteiger partial charge in [-0.1, -0.05) is 48.5 Å². The zero-order valence-electron chi connectivity index (χ0n) is 12.0. The van der Waals surface area contributed by atoms with E-state index in [0.29, 0.717) is 0 Å². The first kappa shape index (κ1) is 17.5. The van der Waals surface area contributed by atoms with Gasteiger partial charge in [0.25, 0.3) is 0 Å². The highest BCUT2D eigenvalue weighted by atomic mass is 79.9. The Balaban J connectivity index is 2.65. The summed E-state index contributed by atoms with van der Waals surface area (Å²) in [4.78, 5) is 0.140. The third-order valence-electron chi connectivity index (χ3n) is 3.11. The van der Waals surface area contributed by atoms with Crippen LogP contribution < -0.4 is 10.5 Å². The van der Waals surface area contributed by atoms with Gasteiger partial charge < -0.3 is 5.73 Å². The number of hydrogen-bond donors (Lipinski definition) is 2. The van der Waals surface area contributed by atoms with E-state index in [4.69, 9.17) is 5.73 Å². The Bertz CT molecular complexity index is 532. The number of anilines is 1. The van der Waals surface area contributed by atoms with E-state index in [1.54, 1.807) is 12.1 Å². The van der Waals surface area contributed by atoms with Crippen LogP contribution in [-0.4, -0.2) is 14.5 Å². The maximum atomic E-state index is 12.3. The first-order valence-corrected chi connectivity index (χ1v) is 9.21. The summed E-state index contributed by atoms with van der Waals surface area (Å²) in [6.45, 7) is 4.04. The van der Waals surface area contributed by atoms with Crippen LogP contribution in [0.25, 0.3) is 0 Å². The van der Waals surface area contributed by atoms with Crippen molar-refractivity contribution in [3.8, 4) is 0 Å². The van der Waals surface area contributed by atoms with Crippen LogP contribution >= 0.6 is 15.9 Å². The predicted octanol–water partition coefficient (Wildman–Crippen LogP) is 3.67. The number of nitrogen functional groups attached to an aromatic ring is 1. The fourth-order valence-corrected chi connectivity index (χ4v) is 3.80. The molecule has 0 fully saturated rings. The van der Waals surface area contributed by atoms with Gasteiger partial charge in [-0.2, -0.15) is 0 Å². The minimum absolute atomic E-state index is 0.0834. The average molecular weight is 363 g/mol. The summed E-state index contributed by atoms with van der Waals surface area (Å²) >= 11 is 3.27. The van der Waals surface area contributed by atoms with E-state index in [9.17, 15) is 8.42 Å². The van der Waals surface area contributed by atoms with Crippen LogP contribution in [0.4, 0.5) is 5.69 Å². The molecule has 0 heterocycles. The Morgan fingerprint density at radius 2 is 2.00 bits per heavy atom. The van der Waals surface area contributed by atoms with Gasteiger partial charge in [-0.25, -0.2) is 13.1 Å². The fourth-order valence-electron chi connectivity index (χ4n) is 2.03. The Labute approximate surface area is 130 Å². The first-order chi connectivity index (χ1) is 9.36. The zero-order chi connectivity index (χ0) is 15.2. The highest BCUT2D eigenvalue weighted by molar-refractivity contribution is 9.10. The topological polar surface area (TPSA) is 72.2 Å². The summed E-state index contributed by atoms with van der Waals surface area (Å²) in [7, 11) is -3.55. The van der Waals surface area contributed by atoms with Crippen LogP contribution in [0.5, 0.6) is 0 Å². The van der Waals surface area contributed by atoms with Gasteiger partial charge in [0.2, 0.25) is 10.0 Å². The molecule has 0 saturated heterocycles. The number of benzene rings is 1. The number of rotatable bonds is 8. The molecule has 1 atom stereocenters. The second-order valence-corrected chi connectivity index (χ2v) is 7.65. The molecule has 20 heavy (non-hydrogen) atoms. The highest BCUT2D eigenvalue weighted by Gasteiger charge is 2.19. The van der Waals surface area contributed by atoms with Crippen molar-refractivity contribution in [3.63, 3.8) is 0 Å². The molecule has 0 aliphatic rings. The summed E-state index contributed by atoms with van der Waals surface area (Å²) in [5, 5.41) is 0. The number of halogens is 1. The van der Waals surface area contributed by atoms with Crippen molar-refractivity contribution >= 4 is 31.6 Å². The summed E-state index contributed by atoms with van der Waals surface area (Å²) < 4.78 is 28.0. The quantitative estimate of drug-likeness (QED) is 0.547. The lowest BCUT2D eigenvalue weighted by Gasteiger charge is -2.15. The van der Waals surface area contributed by atoms with Gasteiger partial charge in [0, 0.05) is 10.5 Å². The molecule has 1 aromatic carbocycles. The summed E-state index contributed by atoms with van der Waals surface area (Å²) in [6, 6.07) is 4.71. The van der Waals surface area contributed by atoms with Crippen LogP contribution in [-0.2, 0) is 10.0 Å². The number of nitrogens with one attached hydrogen (secondary N) is 1. The van der Waals surface area contributed by atoms with Crippen LogP contribution in [0.1, 0.15) is 46.0 Å². The lowest BCUT2D eigenvalue weighted by atomic mass is 10.1. The second kappa shape index (κ2) is 8.00. The van der Waals surface area contributed by atoms with Crippen molar-refractivity contribution < 1.29 is 8.42 Å². The third kappa shape index (κ3) is 5.42. The van der Waals surface area contributed by atoms with Crippen molar-refractivity contribution in [2.75, 3.05) is 5.73 Å². The van der Waals surface area contributed by atoms with E-state index < -0.39 is 10.0 Å². The molecule has 0 saturated carbocycles. The molecule has 0 aliphatic carbocycles. The van der Waals surface area contributed by atoms with Crippen LogP contribution in [0.2, 0.25) is 0 Å². The number of unbranched alkanes of at least 4 members (excludes halogenated alkanes) is 3. The second-order valence-electron chi connectivity index (χ2n) is 5.05. The van der Waals surface area contributed by atoms with E-state index in [1.165, 1.54) is 18.9 Å². The van der Waals surface area contributed by atoms with Crippen molar-refractivity contribution in [3.05, 3.63) is 22.7 Å². The number of sulfonamides is 1. The summed E-state index contributed by atoms with van der Waals surface area (Å²) in [5.41, 5.74) is 6.03. The van der Waals surface area contributed by atoms with Crippen LogP contribution in [0.15, 0.2) is 27.6 Å². The number of hydrogen-bond acceptors (Lipinski definition) is 3. The molecule has 0 bridgehead atoms. The molecule has 0 aliphatic heterocycles. The first-order valence-electron chi connectivity index (χ1n) is 6.94. The lowest BCUT2D eigenvalue weighted by molar-refractivity contribution is 0.522. The van der Waals surface area contributed by atoms with Gasteiger partial charge in [0.15, 0.2) is 0 Å². The molecule has 0 radical (unpaired) electrons. The lowest BCUT2D eigenvalue weighted by Crippen LogP contribution is -2.33. The van der Waals surface area contributed by atoms with E-state index in [-0.39, 0.29) is 16.6 Å². The Hall–Kier alpha value is -0.590. The molecule has 0 spiro atoms. The molecule has 6 heteroatoms. The van der Waals surface area contributed by atoms with Crippen molar-refractivity contribution in [1.82, 2.24) is 4.72 Å². The zero-order valence-corrected chi connectivity index (χ0v) is 14.4. The van der Waals surface area contributed by atoms with Gasteiger partial charge in [0.05, 0.1) is 5.69 Å². The smallest absolute Gasteiger partial charge is 0.242 e. The molecule has 4 nitrogen and oxygen atoms in total. The molecule has 0 aromatic heterocycles. The third-order valence-corrected chi connectivity index (χ3v) is 5.27. The van der Waals surface area contributed by atoms with E-state index in [0.717, 1.165) is 23.7 Å². The molecule has 114 valence electrons. The largest absolute Gasteiger partial charge is 0.398 e. The average Bonchev–Trinajstić information content (AvgIpc) is 2.33. The van der Waals surface area contributed by atoms with Crippen molar-refractivity contribution in [2.24, 2.45) is 0 Å². The summed E-state index contributed by atoms with van der Waals surface area (Å²) in [6.07, 6.45) is 5.39. The van der Waals surface area contributed by atoms with Crippen molar-refractivity contribution in [2.45, 2.75) is 56.9 Å². The Morgan fingerprint density at radius 1 is 1.30 bits per heavy atom. The van der Waals surface area contributed by atoms with Gasteiger partial charge >= 0.3 is 0 Å². The standard InChI is InChI=1S/C14H23BrN2O2S/c1-3-4-5-6-7-11(2)17-20(18,19)14-9-8-12(15)10-13(14)16/h8-11,17H,3-7,16H2,1-2H3. The Kier molecular flexibility index (Phi) is 6.99. The van der Waals surface area contributed by atoms with Crippen LogP contribution in [0, 0.1) is 0 Å². The van der Waals surface area contributed by atoms with Gasteiger partial charge in [-0.15, -0.1) is 0 Å². The minimum atomic E-state index is -3.55. The molecule has 0 amide bonds. The molecular formula is C14H23BrN2O2S. The minimum Gasteiger partial charge on any atom is -0.398 e.